The van der Waals surface area contributed by atoms with Gasteiger partial charge in [-0.3, -0.25) is 9.97 Å². The van der Waals surface area contributed by atoms with Crippen LogP contribution in [-0.4, -0.2) is 50.0 Å². The molecule has 0 amide bonds. The molecule has 4 heterocycles. The molecule has 2 saturated heterocycles. The maximum atomic E-state index is 5.65. The Labute approximate surface area is 198 Å². The van der Waals surface area contributed by atoms with Crippen molar-refractivity contribution in [3.8, 4) is 0 Å². The average Bonchev–Trinajstić information content (AvgIpc) is 3.54. The molecule has 33 heavy (non-hydrogen) atoms. The lowest BCUT2D eigenvalue weighted by Gasteiger charge is -2.19. The first-order chi connectivity index (χ1) is 16.1. The number of nitrogens with one attached hydrogen (secondary N) is 2. The maximum Gasteiger partial charge on any atom is 0.0580 e. The standard InChI is InChI=1S/C27H40N4O2/c1-18(2)24-7-5-23(21-10-12-33-17-21)27(30-24)15-29-13-19(3)25-8-6-22(20-9-11-32-16-20)26(31-25)14-28-4/h5-8,18-21,28-29H,9-17H2,1-4H3/t19?,20-,21+/m0/s1. The third kappa shape index (κ3) is 5.99. The Morgan fingerprint density at radius 2 is 1.42 bits per heavy atom. The summed E-state index contributed by atoms with van der Waals surface area (Å²) in [4.78, 5) is 10.1. The van der Waals surface area contributed by atoms with Crippen molar-refractivity contribution in [1.82, 2.24) is 20.6 Å². The van der Waals surface area contributed by atoms with Crippen LogP contribution in [0.2, 0.25) is 0 Å². The molecular weight excluding hydrogens is 412 g/mol. The first-order valence-electron chi connectivity index (χ1n) is 12.6. The van der Waals surface area contributed by atoms with Crippen LogP contribution in [0.1, 0.15) is 91.2 Å². The smallest absolute Gasteiger partial charge is 0.0580 e. The SMILES string of the molecule is CNCc1nc(C(C)CNCc2nc(C(C)C)ccc2[C@@H]2CCOC2)ccc1[C@H]1CCOC1. The van der Waals surface area contributed by atoms with Crippen molar-refractivity contribution < 1.29 is 9.47 Å². The monoisotopic (exact) mass is 452 g/mol. The predicted molar refractivity (Wildman–Crippen MR) is 132 cm³/mol. The Balaban J connectivity index is 1.43. The summed E-state index contributed by atoms with van der Waals surface area (Å²) in [7, 11) is 1.99. The van der Waals surface area contributed by atoms with Crippen molar-refractivity contribution >= 4 is 0 Å². The minimum absolute atomic E-state index is 0.320. The van der Waals surface area contributed by atoms with E-state index >= 15 is 0 Å². The Bertz CT molecular complexity index is 905. The van der Waals surface area contributed by atoms with Crippen LogP contribution < -0.4 is 10.6 Å². The van der Waals surface area contributed by atoms with E-state index in [0.29, 0.717) is 23.7 Å². The summed E-state index contributed by atoms with van der Waals surface area (Å²) in [6, 6.07) is 8.95. The molecular formula is C27H40N4O2. The predicted octanol–water partition coefficient (Wildman–Crippen LogP) is 4.22. The highest BCUT2D eigenvalue weighted by Crippen LogP contribution is 2.30. The lowest BCUT2D eigenvalue weighted by atomic mass is 9.94. The van der Waals surface area contributed by atoms with Crippen molar-refractivity contribution in [3.63, 3.8) is 0 Å². The molecule has 0 radical (unpaired) electrons. The van der Waals surface area contributed by atoms with Crippen molar-refractivity contribution in [3.05, 3.63) is 58.2 Å². The van der Waals surface area contributed by atoms with Gasteiger partial charge in [0, 0.05) is 62.0 Å². The molecule has 1 unspecified atom stereocenters. The zero-order valence-corrected chi connectivity index (χ0v) is 20.7. The third-order valence-corrected chi connectivity index (χ3v) is 6.98. The molecule has 2 aliphatic heterocycles. The van der Waals surface area contributed by atoms with Gasteiger partial charge in [0.15, 0.2) is 0 Å². The Morgan fingerprint density at radius 3 is 1.97 bits per heavy atom. The molecule has 6 nitrogen and oxygen atoms in total. The summed E-state index contributed by atoms with van der Waals surface area (Å²) >= 11 is 0. The third-order valence-electron chi connectivity index (χ3n) is 6.98. The molecule has 0 saturated carbocycles. The van der Waals surface area contributed by atoms with Crippen LogP contribution in [0.3, 0.4) is 0 Å². The molecule has 0 bridgehead atoms. The molecule has 180 valence electrons. The summed E-state index contributed by atoms with van der Waals surface area (Å²) in [5.41, 5.74) is 7.31. The van der Waals surface area contributed by atoms with Gasteiger partial charge in [-0.05, 0) is 49.1 Å². The summed E-state index contributed by atoms with van der Waals surface area (Å²) in [5.74, 6) is 1.68. The lowest BCUT2D eigenvalue weighted by molar-refractivity contribution is 0.193. The quantitative estimate of drug-likeness (QED) is 0.563. The second kappa shape index (κ2) is 11.5. The molecule has 2 aromatic rings. The number of hydrogen-bond acceptors (Lipinski definition) is 6. The van der Waals surface area contributed by atoms with Crippen molar-refractivity contribution in [2.75, 3.05) is 40.0 Å². The normalized spacial score (nSPS) is 21.7. The minimum atomic E-state index is 0.320. The molecule has 0 spiro atoms. The summed E-state index contributed by atoms with van der Waals surface area (Å²) in [5, 5.41) is 6.96. The van der Waals surface area contributed by atoms with Crippen LogP contribution in [0.15, 0.2) is 24.3 Å². The fraction of sp³-hybridized carbons (Fsp3) is 0.630. The van der Waals surface area contributed by atoms with Gasteiger partial charge >= 0.3 is 0 Å². The van der Waals surface area contributed by atoms with Gasteiger partial charge in [-0.25, -0.2) is 0 Å². The minimum Gasteiger partial charge on any atom is -0.381 e. The molecule has 3 atom stereocenters. The average molecular weight is 453 g/mol. The number of rotatable bonds is 10. The fourth-order valence-electron chi connectivity index (χ4n) is 4.92. The molecule has 2 N–H and O–H groups in total. The van der Waals surface area contributed by atoms with Crippen molar-refractivity contribution in [2.24, 2.45) is 0 Å². The topological polar surface area (TPSA) is 68.3 Å². The van der Waals surface area contributed by atoms with Crippen LogP contribution in [0.5, 0.6) is 0 Å². The van der Waals surface area contributed by atoms with E-state index in [-0.39, 0.29) is 0 Å². The van der Waals surface area contributed by atoms with Gasteiger partial charge in [0.1, 0.15) is 0 Å². The maximum absolute atomic E-state index is 5.65. The number of nitrogens with zero attached hydrogens (tertiary/aromatic N) is 2. The first-order valence-corrected chi connectivity index (χ1v) is 12.6. The molecule has 0 aliphatic carbocycles. The molecule has 2 aliphatic rings. The van der Waals surface area contributed by atoms with Gasteiger partial charge < -0.3 is 20.1 Å². The Kier molecular flexibility index (Phi) is 8.47. The fourth-order valence-corrected chi connectivity index (χ4v) is 4.92. The molecule has 2 aromatic heterocycles. The van der Waals surface area contributed by atoms with E-state index in [9.17, 15) is 0 Å². The summed E-state index contributed by atoms with van der Waals surface area (Å²) in [6.45, 7) is 12.4. The van der Waals surface area contributed by atoms with Gasteiger partial charge in [0.25, 0.3) is 0 Å². The lowest BCUT2D eigenvalue weighted by Crippen LogP contribution is -2.23. The van der Waals surface area contributed by atoms with Crippen LogP contribution in [0.25, 0.3) is 0 Å². The van der Waals surface area contributed by atoms with E-state index in [0.717, 1.165) is 76.0 Å². The van der Waals surface area contributed by atoms with Gasteiger partial charge in [-0.15, -0.1) is 0 Å². The highest BCUT2D eigenvalue weighted by molar-refractivity contribution is 5.30. The van der Waals surface area contributed by atoms with Crippen LogP contribution in [-0.2, 0) is 22.6 Å². The second-order valence-electron chi connectivity index (χ2n) is 9.88. The van der Waals surface area contributed by atoms with E-state index in [2.05, 4.69) is 55.7 Å². The van der Waals surface area contributed by atoms with Gasteiger partial charge in [0.05, 0.1) is 24.6 Å². The summed E-state index contributed by atoms with van der Waals surface area (Å²) < 4.78 is 11.3. The van der Waals surface area contributed by atoms with Crippen LogP contribution in [0, 0.1) is 0 Å². The molecule has 0 aromatic carbocycles. The largest absolute Gasteiger partial charge is 0.381 e. The first kappa shape index (κ1) is 24.3. The zero-order valence-electron chi connectivity index (χ0n) is 20.7. The van der Waals surface area contributed by atoms with Crippen molar-refractivity contribution in [1.29, 1.82) is 0 Å². The van der Waals surface area contributed by atoms with Gasteiger partial charge in [-0.1, -0.05) is 32.9 Å². The molecule has 2 fully saturated rings. The number of pyridine rings is 2. The Hall–Kier alpha value is -1.86. The van der Waals surface area contributed by atoms with E-state index in [4.69, 9.17) is 19.4 Å². The zero-order chi connectivity index (χ0) is 23.2. The van der Waals surface area contributed by atoms with E-state index in [1.807, 2.05) is 7.05 Å². The highest BCUT2D eigenvalue weighted by atomic mass is 16.5. The van der Waals surface area contributed by atoms with Crippen LogP contribution in [0.4, 0.5) is 0 Å². The highest BCUT2D eigenvalue weighted by Gasteiger charge is 2.23. The number of aromatic nitrogens is 2. The van der Waals surface area contributed by atoms with Gasteiger partial charge in [-0.2, -0.15) is 0 Å². The van der Waals surface area contributed by atoms with Gasteiger partial charge in [0.2, 0.25) is 0 Å². The van der Waals surface area contributed by atoms with E-state index in [1.54, 1.807) is 0 Å². The van der Waals surface area contributed by atoms with E-state index < -0.39 is 0 Å². The van der Waals surface area contributed by atoms with E-state index in [1.165, 1.54) is 16.8 Å². The number of hydrogen-bond donors (Lipinski definition) is 2. The summed E-state index contributed by atoms with van der Waals surface area (Å²) in [6.07, 6.45) is 2.17. The number of ether oxygens (including phenoxy) is 2. The molecule has 4 rings (SSSR count). The Morgan fingerprint density at radius 1 is 0.848 bits per heavy atom. The molecule has 6 heteroatoms. The van der Waals surface area contributed by atoms with Crippen LogP contribution >= 0.6 is 0 Å². The second-order valence-corrected chi connectivity index (χ2v) is 9.88. The van der Waals surface area contributed by atoms with Crippen molar-refractivity contribution in [2.45, 2.75) is 70.4 Å².